The number of rotatable bonds is 9. The molecule has 0 fully saturated rings. The standard InChI is InChI=1S/C21H22P.C18H15P.C3H7Br/c1-2-18-22(19-12-6-3-7-13-19,20-14-8-4-9-15-20)21-16-10-5-11-17-21;1-4-10-16(11-5-1)19(17-12-6-2-7-13-17)18-14-8-3-9-15-18;1-2-3-4/h3-17H,2,18H2,1H3;1-15H;2-3H2,1H3/q+1;;. The molecule has 0 heterocycles. The summed E-state index contributed by atoms with van der Waals surface area (Å²) < 4.78 is 0. The molecule has 0 aliphatic heterocycles. The Hall–Kier alpha value is -3.34. The van der Waals surface area contributed by atoms with Crippen LogP contribution in [0.25, 0.3) is 0 Å². The van der Waals surface area contributed by atoms with E-state index in [2.05, 4.69) is 212 Å². The third-order valence-corrected chi connectivity index (χ3v) is 15.3. The zero-order valence-corrected chi connectivity index (χ0v) is 29.8. The highest BCUT2D eigenvalue weighted by Crippen LogP contribution is 2.55. The molecule has 0 amide bonds. The van der Waals surface area contributed by atoms with Crippen LogP contribution in [0.3, 0.4) is 0 Å². The van der Waals surface area contributed by atoms with Crippen LogP contribution in [-0.4, -0.2) is 11.5 Å². The van der Waals surface area contributed by atoms with E-state index in [1.54, 1.807) is 0 Å². The van der Waals surface area contributed by atoms with E-state index in [0.717, 1.165) is 5.33 Å². The molecule has 0 aliphatic rings. The largest absolute Gasteiger partial charge is 0.112 e. The van der Waals surface area contributed by atoms with E-state index in [4.69, 9.17) is 0 Å². The lowest BCUT2D eigenvalue weighted by atomic mass is 10.4. The van der Waals surface area contributed by atoms with Gasteiger partial charge in [0.05, 0.1) is 6.16 Å². The highest BCUT2D eigenvalue weighted by Gasteiger charge is 2.44. The molecule has 228 valence electrons. The van der Waals surface area contributed by atoms with Crippen molar-refractivity contribution in [2.75, 3.05) is 11.5 Å². The first kappa shape index (κ1) is 34.5. The summed E-state index contributed by atoms with van der Waals surface area (Å²) >= 11 is 3.25. The summed E-state index contributed by atoms with van der Waals surface area (Å²) in [5.41, 5.74) is 0. The van der Waals surface area contributed by atoms with Crippen LogP contribution in [0.5, 0.6) is 0 Å². The van der Waals surface area contributed by atoms with Crippen molar-refractivity contribution in [2.45, 2.75) is 26.7 Å². The van der Waals surface area contributed by atoms with Crippen LogP contribution in [0, 0.1) is 0 Å². The lowest BCUT2D eigenvalue weighted by Gasteiger charge is -2.27. The summed E-state index contributed by atoms with van der Waals surface area (Å²) in [6, 6.07) is 65.5. The van der Waals surface area contributed by atoms with Crippen molar-refractivity contribution in [1.82, 2.24) is 0 Å². The maximum absolute atomic E-state index is 3.25. The third-order valence-electron chi connectivity index (χ3n) is 7.38. The molecule has 0 bridgehead atoms. The predicted molar refractivity (Wildman–Crippen MR) is 210 cm³/mol. The minimum absolute atomic E-state index is 0.446. The maximum Gasteiger partial charge on any atom is 0.112 e. The highest BCUT2D eigenvalue weighted by molar-refractivity contribution is 9.09. The van der Waals surface area contributed by atoms with Gasteiger partial charge in [-0.1, -0.05) is 175 Å². The number of alkyl halides is 1. The number of benzene rings is 6. The molecular weight excluding hydrogens is 646 g/mol. The van der Waals surface area contributed by atoms with Crippen LogP contribution < -0.4 is 31.8 Å². The summed E-state index contributed by atoms with van der Waals surface area (Å²) in [6.07, 6.45) is 3.64. The van der Waals surface area contributed by atoms with Gasteiger partial charge in [-0.05, 0) is 73.1 Å². The highest BCUT2D eigenvalue weighted by atomic mass is 79.9. The SMILES string of the molecule is CCCBr.CCC[P+](c1ccccc1)(c1ccccc1)c1ccccc1.c1ccc(P(c2ccccc2)c2ccccc2)cc1. The Morgan fingerprint density at radius 2 is 0.644 bits per heavy atom. The Balaban J connectivity index is 0.000000185. The van der Waals surface area contributed by atoms with Gasteiger partial charge in [0.15, 0.2) is 0 Å². The number of hydrogen-bond acceptors (Lipinski definition) is 0. The van der Waals surface area contributed by atoms with Crippen LogP contribution in [0.4, 0.5) is 0 Å². The fraction of sp³-hybridized carbons (Fsp3) is 0.143. The smallest absolute Gasteiger partial charge is 0.0928 e. The lowest BCUT2D eigenvalue weighted by molar-refractivity contribution is 1.10. The molecule has 0 N–H and O–H groups in total. The molecule has 45 heavy (non-hydrogen) atoms. The monoisotopic (exact) mass is 689 g/mol. The molecule has 0 aromatic heterocycles. The molecule has 0 atom stereocenters. The first-order chi connectivity index (χ1) is 22.2. The third kappa shape index (κ3) is 9.58. The van der Waals surface area contributed by atoms with Gasteiger partial charge < -0.3 is 0 Å². The van der Waals surface area contributed by atoms with Crippen molar-refractivity contribution in [3.63, 3.8) is 0 Å². The molecule has 0 unspecified atom stereocenters. The van der Waals surface area contributed by atoms with Crippen LogP contribution >= 0.6 is 31.1 Å². The molecule has 6 aromatic carbocycles. The van der Waals surface area contributed by atoms with Gasteiger partial charge in [-0.3, -0.25) is 0 Å². The van der Waals surface area contributed by atoms with Crippen molar-refractivity contribution < 1.29 is 0 Å². The first-order valence-corrected chi connectivity index (χ1v) is 20.2. The minimum Gasteiger partial charge on any atom is -0.0928 e. The van der Waals surface area contributed by atoms with E-state index in [1.165, 1.54) is 50.8 Å². The summed E-state index contributed by atoms with van der Waals surface area (Å²) in [6.45, 7) is 4.43. The molecule has 0 aliphatic carbocycles. The molecule has 0 saturated carbocycles. The molecule has 0 nitrogen and oxygen atoms in total. The van der Waals surface area contributed by atoms with Gasteiger partial charge in [-0.2, -0.15) is 0 Å². The normalized spacial score (nSPS) is 10.7. The van der Waals surface area contributed by atoms with E-state index < -0.39 is 15.2 Å². The van der Waals surface area contributed by atoms with Gasteiger partial charge >= 0.3 is 0 Å². The van der Waals surface area contributed by atoms with Gasteiger partial charge in [0.2, 0.25) is 0 Å². The maximum atomic E-state index is 3.25. The van der Waals surface area contributed by atoms with E-state index in [0.29, 0.717) is 0 Å². The fourth-order valence-electron chi connectivity index (χ4n) is 5.40. The summed E-state index contributed by atoms with van der Waals surface area (Å²) in [5, 5.41) is 9.77. The van der Waals surface area contributed by atoms with Crippen molar-refractivity contribution in [3.05, 3.63) is 182 Å². The van der Waals surface area contributed by atoms with Crippen LogP contribution in [0.1, 0.15) is 26.7 Å². The summed E-state index contributed by atoms with van der Waals surface area (Å²) in [5.74, 6) is 0. The Bertz CT molecular complexity index is 1400. The van der Waals surface area contributed by atoms with E-state index in [-0.39, 0.29) is 0 Å². The van der Waals surface area contributed by atoms with E-state index >= 15 is 0 Å². The molecule has 0 radical (unpaired) electrons. The zero-order chi connectivity index (χ0) is 31.6. The van der Waals surface area contributed by atoms with E-state index in [9.17, 15) is 0 Å². The average Bonchev–Trinajstić information content (AvgIpc) is 3.14. The summed E-state index contributed by atoms with van der Waals surface area (Å²) in [4.78, 5) is 0. The quantitative estimate of drug-likeness (QED) is 0.105. The second-order valence-corrected chi connectivity index (χ2v) is 17.2. The molecule has 6 rings (SSSR count). The Kier molecular flexibility index (Phi) is 14.8. The summed E-state index contributed by atoms with van der Waals surface area (Å²) in [7, 11) is -2.00. The zero-order valence-electron chi connectivity index (χ0n) is 26.4. The Labute approximate surface area is 281 Å². The van der Waals surface area contributed by atoms with Crippen molar-refractivity contribution in [2.24, 2.45) is 0 Å². The van der Waals surface area contributed by atoms with Crippen molar-refractivity contribution >= 4 is 62.9 Å². The van der Waals surface area contributed by atoms with Crippen LogP contribution in [-0.2, 0) is 0 Å². The van der Waals surface area contributed by atoms with Crippen molar-refractivity contribution in [1.29, 1.82) is 0 Å². The molecule has 6 aromatic rings. The minimum atomic E-state index is -1.55. The Morgan fingerprint density at radius 1 is 0.400 bits per heavy atom. The lowest BCUT2D eigenvalue weighted by Crippen LogP contribution is -2.33. The molecule has 0 spiro atoms. The molecular formula is C42H44BrP2+. The van der Waals surface area contributed by atoms with Crippen LogP contribution in [0.2, 0.25) is 0 Å². The van der Waals surface area contributed by atoms with E-state index in [1.807, 2.05) is 0 Å². The van der Waals surface area contributed by atoms with Gasteiger partial charge in [-0.25, -0.2) is 0 Å². The predicted octanol–water partition coefficient (Wildman–Crippen LogP) is 9.63. The fourth-order valence-corrected chi connectivity index (χ4v) is 12.1. The van der Waals surface area contributed by atoms with Crippen molar-refractivity contribution in [3.8, 4) is 0 Å². The van der Waals surface area contributed by atoms with Gasteiger partial charge in [0.25, 0.3) is 0 Å². The second kappa shape index (κ2) is 19.2. The topological polar surface area (TPSA) is 0 Å². The molecule has 0 saturated heterocycles. The Morgan fingerprint density at radius 3 is 0.867 bits per heavy atom. The molecule has 3 heteroatoms. The second-order valence-electron chi connectivity index (χ2n) is 10.6. The van der Waals surface area contributed by atoms with Crippen LogP contribution in [0.15, 0.2) is 182 Å². The van der Waals surface area contributed by atoms with Gasteiger partial charge in [0.1, 0.15) is 23.2 Å². The van der Waals surface area contributed by atoms with Gasteiger partial charge in [0, 0.05) is 5.33 Å². The first-order valence-electron chi connectivity index (χ1n) is 15.8. The number of halogens is 1. The average molecular weight is 691 g/mol. The number of hydrogen-bond donors (Lipinski definition) is 0. The van der Waals surface area contributed by atoms with Gasteiger partial charge in [-0.15, -0.1) is 0 Å².